The van der Waals surface area contributed by atoms with Crippen molar-refractivity contribution < 1.29 is 0 Å². The first-order valence-corrected chi connectivity index (χ1v) is 8.31. The maximum atomic E-state index is 3.80. The molecular weight excluding hydrogens is 243 g/mol. The van der Waals surface area contributed by atoms with E-state index in [1.54, 1.807) is 3.80 Å². The van der Waals surface area contributed by atoms with Crippen LogP contribution in [-0.2, 0) is 0 Å². The summed E-state index contributed by atoms with van der Waals surface area (Å²) in [5.41, 5.74) is 0. The first-order valence-electron chi connectivity index (χ1n) is 4.75. The van der Waals surface area contributed by atoms with Crippen LogP contribution in [0.1, 0.15) is 26.7 Å². The molecule has 0 N–H and O–H groups in total. The Morgan fingerprint density at radius 3 is 2.77 bits per heavy atom. The van der Waals surface area contributed by atoms with Crippen LogP contribution in [0.5, 0.6) is 0 Å². The second-order valence-corrected chi connectivity index (χ2v) is 6.49. The van der Waals surface area contributed by atoms with E-state index in [0.29, 0.717) is 20.9 Å². The topological polar surface area (TPSA) is 0 Å². The van der Waals surface area contributed by atoms with Crippen LogP contribution in [-0.4, -0.2) is 20.7 Å². The molecule has 1 unspecified atom stereocenters. The van der Waals surface area contributed by atoms with E-state index < -0.39 is 0 Å². The Morgan fingerprint density at radius 1 is 1.62 bits per heavy atom. The minimum atomic E-state index is 0.533. The summed E-state index contributed by atoms with van der Waals surface area (Å²) < 4.78 is 1.58. The van der Waals surface area contributed by atoms with Crippen LogP contribution in [0.3, 0.4) is 0 Å². The zero-order chi connectivity index (χ0) is 10.1. The van der Waals surface area contributed by atoms with Crippen molar-refractivity contribution in [3.05, 3.63) is 22.5 Å². The van der Waals surface area contributed by atoms with Crippen molar-refractivity contribution in [3.63, 3.8) is 0 Å². The van der Waals surface area contributed by atoms with Crippen LogP contribution in [0, 0.1) is 5.92 Å². The Morgan fingerprint density at radius 2 is 2.31 bits per heavy atom. The van der Waals surface area contributed by atoms with Gasteiger partial charge in [-0.15, -0.1) is 0 Å². The SMILES string of the molecule is C=CC(C)/C=C(\SCCCC)[Se]C. The van der Waals surface area contributed by atoms with Gasteiger partial charge in [0, 0.05) is 0 Å². The second kappa shape index (κ2) is 8.93. The molecule has 0 bridgehead atoms. The van der Waals surface area contributed by atoms with Crippen LogP contribution in [0.25, 0.3) is 0 Å². The third-order valence-corrected chi connectivity index (χ3v) is 5.37. The number of unbranched alkanes of at least 4 members (excludes halogenated alkanes) is 1. The van der Waals surface area contributed by atoms with Gasteiger partial charge in [-0.05, 0) is 0 Å². The Labute approximate surface area is 93.4 Å². The zero-order valence-corrected chi connectivity index (χ0v) is 11.4. The number of hydrogen-bond acceptors (Lipinski definition) is 1. The van der Waals surface area contributed by atoms with Gasteiger partial charge in [0.25, 0.3) is 0 Å². The molecule has 0 aliphatic heterocycles. The van der Waals surface area contributed by atoms with Crippen LogP contribution in [0.15, 0.2) is 22.5 Å². The molecule has 13 heavy (non-hydrogen) atoms. The van der Waals surface area contributed by atoms with Gasteiger partial charge in [-0.3, -0.25) is 0 Å². The molecule has 2 heteroatoms. The van der Waals surface area contributed by atoms with Crippen LogP contribution >= 0.6 is 11.8 Å². The summed E-state index contributed by atoms with van der Waals surface area (Å²) in [7, 11) is 0. The molecule has 0 heterocycles. The molecule has 0 radical (unpaired) electrons. The van der Waals surface area contributed by atoms with Gasteiger partial charge in [-0.2, -0.15) is 0 Å². The van der Waals surface area contributed by atoms with Crippen molar-refractivity contribution in [2.45, 2.75) is 32.5 Å². The van der Waals surface area contributed by atoms with Gasteiger partial charge < -0.3 is 0 Å². The third kappa shape index (κ3) is 7.42. The number of thioether (sulfide) groups is 1. The molecular formula is C11H20SSe. The minimum absolute atomic E-state index is 0.533. The van der Waals surface area contributed by atoms with E-state index in [-0.39, 0.29) is 0 Å². The van der Waals surface area contributed by atoms with Gasteiger partial charge in [0.05, 0.1) is 0 Å². The van der Waals surface area contributed by atoms with E-state index in [4.69, 9.17) is 0 Å². The molecule has 1 atom stereocenters. The molecule has 0 aromatic carbocycles. The van der Waals surface area contributed by atoms with Crippen molar-refractivity contribution in [2.24, 2.45) is 5.92 Å². The summed E-state index contributed by atoms with van der Waals surface area (Å²) in [6, 6.07) is 0. The summed E-state index contributed by atoms with van der Waals surface area (Å²) >= 11 is 2.68. The van der Waals surface area contributed by atoms with Crippen molar-refractivity contribution in [1.29, 1.82) is 0 Å². The van der Waals surface area contributed by atoms with Crippen molar-refractivity contribution >= 4 is 26.7 Å². The van der Waals surface area contributed by atoms with Crippen molar-refractivity contribution in [1.82, 2.24) is 0 Å². The van der Waals surface area contributed by atoms with Crippen LogP contribution in [0.4, 0.5) is 0 Å². The van der Waals surface area contributed by atoms with Gasteiger partial charge in [-0.25, -0.2) is 0 Å². The number of allylic oxidation sites excluding steroid dienone is 2. The van der Waals surface area contributed by atoms with Gasteiger partial charge in [0.2, 0.25) is 0 Å². The first kappa shape index (κ1) is 13.3. The third-order valence-electron chi connectivity index (χ3n) is 1.71. The average molecular weight is 263 g/mol. The van der Waals surface area contributed by atoms with Crippen LogP contribution in [0.2, 0.25) is 5.82 Å². The van der Waals surface area contributed by atoms with Gasteiger partial charge in [-0.1, -0.05) is 0 Å². The summed E-state index contributed by atoms with van der Waals surface area (Å²) in [4.78, 5) is 0. The van der Waals surface area contributed by atoms with Gasteiger partial charge in [0.1, 0.15) is 0 Å². The Hall–Kier alpha value is 0.349. The Kier molecular flexibility index (Phi) is 9.17. The van der Waals surface area contributed by atoms with E-state index in [1.807, 2.05) is 17.8 Å². The van der Waals surface area contributed by atoms with Crippen LogP contribution < -0.4 is 0 Å². The molecule has 0 aliphatic carbocycles. The van der Waals surface area contributed by atoms with E-state index in [2.05, 4.69) is 32.3 Å². The summed E-state index contributed by atoms with van der Waals surface area (Å²) in [6.45, 7) is 8.23. The van der Waals surface area contributed by atoms with E-state index >= 15 is 0 Å². The fourth-order valence-corrected chi connectivity index (χ4v) is 3.84. The van der Waals surface area contributed by atoms with Gasteiger partial charge >= 0.3 is 93.4 Å². The fourth-order valence-electron chi connectivity index (χ4n) is 0.775. The average Bonchev–Trinajstić information content (AvgIpc) is 2.16. The predicted molar refractivity (Wildman–Crippen MR) is 66.4 cm³/mol. The number of rotatable bonds is 7. The molecule has 76 valence electrons. The van der Waals surface area contributed by atoms with E-state index in [9.17, 15) is 0 Å². The molecule has 0 nitrogen and oxygen atoms in total. The second-order valence-electron chi connectivity index (χ2n) is 2.99. The summed E-state index contributed by atoms with van der Waals surface area (Å²) in [6.07, 6.45) is 6.99. The fraction of sp³-hybridized carbons (Fsp3) is 0.636. The predicted octanol–water partition coefficient (Wildman–Crippen LogP) is 3.94. The monoisotopic (exact) mass is 264 g/mol. The summed E-state index contributed by atoms with van der Waals surface area (Å²) in [5.74, 6) is 4.10. The molecule has 0 saturated heterocycles. The van der Waals surface area contributed by atoms with E-state index in [0.717, 1.165) is 0 Å². The Bertz CT molecular complexity index is 163. The first-order chi connectivity index (χ1) is 6.24. The molecule has 0 aromatic rings. The standard InChI is InChI=1S/C11H20SSe/c1-5-7-8-12-11(13-4)9-10(3)6-2/h6,9-10H,2,5,7-8H2,1,3-4H3/b11-9+. The molecule has 0 aliphatic rings. The van der Waals surface area contributed by atoms with Crippen molar-refractivity contribution in [2.75, 3.05) is 5.75 Å². The van der Waals surface area contributed by atoms with Crippen molar-refractivity contribution in [3.8, 4) is 0 Å². The zero-order valence-electron chi connectivity index (χ0n) is 8.88. The molecule has 0 saturated carbocycles. The molecule has 0 fully saturated rings. The molecule has 0 aromatic heterocycles. The van der Waals surface area contributed by atoms with Gasteiger partial charge in [0.15, 0.2) is 0 Å². The Balaban J connectivity index is 3.86. The quantitative estimate of drug-likeness (QED) is 0.381. The maximum absolute atomic E-state index is 3.80. The molecule has 0 amide bonds. The van der Waals surface area contributed by atoms with E-state index in [1.165, 1.54) is 18.6 Å². The normalized spacial score (nSPS) is 14.2. The summed E-state index contributed by atoms with van der Waals surface area (Å²) in [5, 5.41) is 0. The molecule has 0 spiro atoms. The molecule has 0 rings (SSSR count). The number of hydrogen-bond donors (Lipinski definition) is 0.